The number of benzene rings is 1. The lowest BCUT2D eigenvalue weighted by atomic mass is 9.77. The number of hydrogen-bond acceptors (Lipinski definition) is 5. The first kappa shape index (κ1) is 17.6. The number of carbonyl (C=O) groups is 1. The Hall–Kier alpha value is -2.76. The molecule has 1 aliphatic carbocycles. The van der Waals surface area contributed by atoms with E-state index in [1.165, 1.54) is 0 Å². The Labute approximate surface area is 158 Å². The summed E-state index contributed by atoms with van der Waals surface area (Å²) in [6.07, 6.45) is 1.22. The van der Waals surface area contributed by atoms with Crippen LogP contribution in [-0.2, 0) is 6.42 Å². The molecule has 0 saturated carbocycles. The van der Waals surface area contributed by atoms with Gasteiger partial charge in [0.2, 0.25) is 0 Å². The average Bonchev–Trinajstić information content (AvgIpc) is 3.01. The first-order valence-corrected chi connectivity index (χ1v) is 9.27. The number of ketones is 1. The summed E-state index contributed by atoms with van der Waals surface area (Å²) >= 11 is 0. The van der Waals surface area contributed by atoms with Crippen molar-refractivity contribution in [1.29, 1.82) is 0 Å². The third-order valence-corrected chi connectivity index (χ3v) is 5.13. The number of nitrogens with zero attached hydrogens (tertiary/aromatic N) is 4. The van der Waals surface area contributed by atoms with E-state index >= 15 is 0 Å². The number of methoxy groups -OCH3 is 1. The molecule has 6 heteroatoms. The van der Waals surface area contributed by atoms with Crippen LogP contribution in [0.5, 0.6) is 5.75 Å². The van der Waals surface area contributed by atoms with E-state index in [1.54, 1.807) is 7.11 Å². The number of hydrogen-bond donors (Lipinski definition) is 0. The van der Waals surface area contributed by atoms with Crippen molar-refractivity contribution in [3.8, 4) is 16.9 Å². The molecule has 0 spiro atoms. The number of para-hydroxylation sites is 1. The van der Waals surface area contributed by atoms with E-state index in [2.05, 4.69) is 37.9 Å². The number of carbonyl (C=O) groups excluding carboxylic acids is 1. The molecule has 2 aromatic heterocycles. The van der Waals surface area contributed by atoms with Gasteiger partial charge in [0.15, 0.2) is 17.1 Å². The highest BCUT2D eigenvalue weighted by atomic mass is 16.5. The molecular formula is C21H24N4O2. The monoisotopic (exact) mass is 364 g/mol. The lowest BCUT2D eigenvalue weighted by Gasteiger charge is -2.29. The van der Waals surface area contributed by atoms with Gasteiger partial charge in [0.25, 0.3) is 0 Å². The van der Waals surface area contributed by atoms with Crippen LogP contribution in [0.1, 0.15) is 61.9 Å². The number of Topliss-reactive ketones (excluding diaryl/α,β-unsaturated/α-hetero) is 1. The van der Waals surface area contributed by atoms with Crippen molar-refractivity contribution in [2.24, 2.45) is 5.41 Å². The Balaban J connectivity index is 2.06. The summed E-state index contributed by atoms with van der Waals surface area (Å²) < 4.78 is 7.41. The van der Waals surface area contributed by atoms with Crippen molar-refractivity contribution in [2.45, 2.75) is 46.5 Å². The molecule has 0 fully saturated rings. The molecule has 6 nitrogen and oxygen atoms in total. The van der Waals surface area contributed by atoms with Gasteiger partial charge in [-0.2, -0.15) is 5.10 Å². The topological polar surface area (TPSA) is 69.4 Å². The van der Waals surface area contributed by atoms with Crippen molar-refractivity contribution < 1.29 is 9.53 Å². The second-order valence-electron chi connectivity index (χ2n) is 8.29. The number of fused-ring (bicyclic) bond motifs is 3. The van der Waals surface area contributed by atoms with Gasteiger partial charge in [-0.1, -0.05) is 45.9 Å². The maximum atomic E-state index is 12.6. The molecule has 4 rings (SSSR count). The molecule has 0 atom stereocenters. The Morgan fingerprint density at radius 1 is 1.15 bits per heavy atom. The van der Waals surface area contributed by atoms with E-state index in [4.69, 9.17) is 9.84 Å². The number of ether oxygens (including phenoxy) is 1. The molecule has 0 unspecified atom stereocenters. The Morgan fingerprint density at radius 3 is 2.59 bits per heavy atom. The molecule has 0 aliphatic heterocycles. The van der Waals surface area contributed by atoms with E-state index in [0.717, 1.165) is 34.7 Å². The minimum atomic E-state index is -0.116. The average molecular weight is 364 g/mol. The summed E-state index contributed by atoms with van der Waals surface area (Å²) in [6, 6.07) is 7.86. The van der Waals surface area contributed by atoms with E-state index in [-0.39, 0.29) is 17.1 Å². The molecule has 0 saturated heterocycles. The lowest BCUT2D eigenvalue weighted by Crippen LogP contribution is -2.30. The largest absolute Gasteiger partial charge is 0.496 e. The molecule has 140 valence electrons. The first-order valence-electron chi connectivity index (χ1n) is 9.27. The highest BCUT2D eigenvalue weighted by molar-refractivity contribution is 5.97. The van der Waals surface area contributed by atoms with Gasteiger partial charge in [-0.3, -0.25) is 4.79 Å². The fourth-order valence-corrected chi connectivity index (χ4v) is 3.88. The van der Waals surface area contributed by atoms with Crippen molar-refractivity contribution in [3.63, 3.8) is 0 Å². The number of aromatic nitrogens is 4. The number of rotatable bonds is 3. The quantitative estimate of drug-likeness (QED) is 0.700. The Kier molecular flexibility index (Phi) is 4.02. The maximum Gasteiger partial charge on any atom is 0.185 e. The van der Waals surface area contributed by atoms with E-state index in [0.29, 0.717) is 17.8 Å². The molecule has 27 heavy (non-hydrogen) atoms. The summed E-state index contributed by atoms with van der Waals surface area (Å²) in [5.41, 5.74) is 4.65. The van der Waals surface area contributed by atoms with Crippen LogP contribution < -0.4 is 4.74 Å². The standard InChI is InChI=1S/C21H24N4O2/c1-12(2)18-17(13-8-6-7-9-16(13)27-5)20-23-22-19-14(25(20)24-18)10-21(3,4)11-15(19)26/h6-9,12H,10-11H2,1-5H3. The zero-order valence-corrected chi connectivity index (χ0v) is 16.4. The second kappa shape index (κ2) is 6.15. The van der Waals surface area contributed by atoms with E-state index in [1.807, 2.05) is 28.8 Å². The van der Waals surface area contributed by atoms with Crippen LogP contribution in [0, 0.1) is 5.41 Å². The smallest absolute Gasteiger partial charge is 0.185 e. The third-order valence-electron chi connectivity index (χ3n) is 5.13. The van der Waals surface area contributed by atoms with Gasteiger partial charge in [0, 0.05) is 12.0 Å². The molecule has 2 heterocycles. The molecule has 0 radical (unpaired) electrons. The SMILES string of the molecule is COc1ccccc1-c1c(C(C)C)nn2c3c(nnc12)C(=O)CC(C)(C)C3. The Morgan fingerprint density at radius 2 is 1.89 bits per heavy atom. The van der Waals surface area contributed by atoms with Gasteiger partial charge in [-0.05, 0) is 23.8 Å². The molecule has 0 amide bonds. The van der Waals surface area contributed by atoms with Crippen LogP contribution in [0.15, 0.2) is 24.3 Å². The van der Waals surface area contributed by atoms with Crippen molar-refractivity contribution in [2.75, 3.05) is 7.11 Å². The van der Waals surface area contributed by atoms with Gasteiger partial charge < -0.3 is 4.74 Å². The molecule has 1 aliphatic rings. The molecule has 1 aromatic carbocycles. The highest BCUT2D eigenvalue weighted by Crippen LogP contribution is 2.39. The minimum absolute atomic E-state index is 0.0380. The van der Waals surface area contributed by atoms with Crippen molar-refractivity contribution >= 4 is 11.4 Å². The highest BCUT2D eigenvalue weighted by Gasteiger charge is 2.35. The first-order chi connectivity index (χ1) is 12.8. The Bertz CT molecular complexity index is 1050. The zero-order chi connectivity index (χ0) is 19.3. The van der Waals surface area contributed by atoms with Gasteiger partial charge in [-0.25, -0.2) is 4.52 Å². The lowest BCUT2D eigenvalue weighted by molar-refractivity contribution is 0.0901. The van der Waals surface area contributed by atoms with Crippen molar-refractivity contribution in [1.82, 2.24) is 19.8 Å². The summed E-state index contributed by atoms with van der Waals surface area (Å²) in [7, 11) is 1.66. The molecule has 3 aromatic rings. The van der Waals surface area contributed by atoms with Crippen LogP contribution in [0.3, 0.4) is 0 Å². The van der Waals surface area contributed by atoms with Gasteiger partial charge >= 0.3 is 0 Å². The van der Waals surface area contributed by atoms with Crippen LogP contribution in [0.2, 0.25) is 0 Å². The fraction of sp³-hybridized carbons (Fsp3) is 0.429. The predicted octanol–water partition coefficient (Wildman–Crippen LogP) is 4.08. The van der Waals surface area contributed by atoms with Crippen LogP contribution in [0.25, 0.3) is 16.8 Å². The summed E-state index contributed by atoms with van der Waals surface area (Å²) in [4.78, 5) is 12.6. The van der Waals surface area contributed by atoms with Crippen LogP contribution >= 0.6 is 0 Å². The fourth-order valence-electron chi connectivity index (χ4n) is 3.88. The zero-order valence-electron chi connectivity index (χ0n) is 16.4. The second-order valence-corrected chi connectivity index (χ2v) is 8.29. The van der Waals surface area contributed by atoms with Crippen LogP contribution in [-0.4, -0.2) is 32.7 Å². The summed E-state index contributed by atoms with van der Waals surface area (Å²) in [5, 5.41) is 13.6. The van der Waals surface area contributed by atoms with E-state index < -0.39 is 0 Å². The molecule has 0 N–H and O–H groups in total. The predicted molar refractivity (Wildman–Crippen MR) is 103 cm³/mol. The summed E-state index contributed by atoms with van der Waals surface area (Å²) in [6.45, 7) is 8.42. The van der Waals surface area contributed by atoms with Crippen molar-refractivity contribution in [3.05, 3.63) is 41.3 Å². The third kappa shape index (κ3) is 2.80. The van der Waals surface area contributed by atoms with Gasteiger partial charge in [0.1, 0.15) is 5.75 Å². The van der Waals surface area contributed by atoms with Gasteiger partial charge in [0.05, 0.1) is 24.1 Å². The molecular weight excluding hydrogens is 340 g/mol. The van der Waals surface area contributed by atoms with E-state index in [9.17, 15) is 4.79 Å². The van der Waals surface area contributed by atoms with Crippen LogP contribution in [0.4, 0.5) is 0 Å². The van der Waals surface area contributed by atoms with Gasteiger partial charge in [-0.15, -0.1) is 10.2 Å². The summed E-state index contributed by atoms with van der Waals surface area (Å²) in [5.74, 6) is 0.996. The maximum absolute atomic E-state index is 12.6. The molecule has 0 bridgehead atoms. The minimum Gasteiger partial charge on any atom is -0.496 e. The normalized spacial score (nSPS) is 16.0.